The highest BCUT2D eigenvalue weighted by Gasteiger charge is 2.37. The fraction of sp³-hybridized carbons (Fsp3) is 0.0769. The molecule has 0 aromatic heterocycles. The van der Waals surface area contributed by atoms with E-state index in [1.165, 1.54) is 24.3 Å². The molecule has 0 fully saturated rings. The zero-order valence-corrected chi connectivity index (χ0v) is 12.3. The molecule has 2 aromatic rings. The molecule has 0 saturated heterocycles. The lowest BCUT2D eigenvalue weighted by Crippen LogP contribution is -2.19. The molecular formula is C13H9ClF3NO3S. The zero-order valence-electron chi connectivity index (χ0n) is 10.7. The first-order valence-electron chi connectivity index (χ1n) is 5.79. The number of aromatic hydroxyl groups is 1. The average Bonchev–Trinajstić information content (AvgIpc) is 2.40. The molecule has 0 atom stereocenters. The van der Waals surface area contributed by atoms with Crippen molar-refractivity contribution in [3.8, 4) is 5.75 Å². The average molecular weight is 352 g/mol. The van der Waals surface area contributed by atoms with Crippen LogP contribution in [0.25, 0.3) is 0 Å². The van der Waals surface area contributed by atoms with E-state index >= 15 is 0 Å². The summed E-state index contributed by atoms with van der Waals surface area (Å²) >= 11 is 5.50. The molecule has 22 heavy (non-hydrogen) atoms. The molecule has 2 rings (SSSR count). The molecule has 0 unspecified atom stereocenters. The molecule has 0 aliphatic carbocycles. The van der Waals surface area contributed by atoms with Gasteiger partial charge >= 0.3 is 6.18 Å². The quantitative estimate of drug-likeness (QED) is 0.825. The lowest BCUT2D eigenvalue weighted by molar-refractivity contribution is -0.139. The van der Waals surface area contributed by atoms with Crippen LogP contribution in [0.2, 0.25) is 5.02 Å². The van der Waals surface area contributed by atoms with Gasteiger partial charge in [0.2, 0.25) is 0 Å². The SMILES string of the molecule is O=S(=O)(Nc1ccccc1O)c1ccc(Cl)cc1C(F)(F)F. The lowest BCUT2D eigenvalue weighted by Gasteiger charge is -2.15. The van der Waals surface area contributed by atoms with E-state index in [9.17, 15) is 26.7 Å². The van der Waals surface area contributed by atoms with Crippen molar-refractivity contribution in [2.75, 3.05) is 4.72 Å². The van der Waals surface area contributed by atoms with Crippen molar-refractivity contribution < 1.29 is 26.7 Å². The Morgan fingerprint density at radius 2 is 1.73 bits per heavy atom. The first-order valence-corrected chi connectivity index (χ1v) is 7.65. The minimum atomic E-state index is -4.90. The van der Waals surface area contributed by atoms with E-state index < -0.39 is 32.4 Å². The van der Waals surface area contributed by atoms with E-state index in [4.69, 9.17) is 11.6 Å². The van der Waals surface area contributed by atoms with Crippen LogP contribution >= 0.6 is 11.6 Å². The van der Waals surface area contributed by atoms with Gasteiger partial charge in [-0.25, -0.2) is 8.42 Å². The van der Waals surface area contributed by atoms with Gasteiger partial charge in [-0.05, 0) is 30.3 Å². The molecule has 2 aromatic carbocycles. The number of hydrogen-bond acceptors (Lipinski definition) is 3. The standard InChI is InChI=1S/C13H9ClF3NO3S/c14-8-5-6-12(9(7-8)13(15,16)17)22(20,21)18-10-3-1-2-4-11(10)19/h1-7,18-19H. The number of hydrogen-bond donors (Lipinski definition) is 2. The Morgan fingerprint density at radius 3 is 2.32 bits per heavy atom. The summed E-state index contributed by atoms with van der Waals surface area (Å²) in [7, 11) is -4.56. The van der Waals surface area contributed by atoms with Gasteiger partial charge in [0.05, 0.1) is 16.1 Å². The molecule has 0 saturated carbocycles. The van der Waals surface area contributed by atoms with Crippen LogP contribution in [0.1, 0.15) is 5.56 Å². The molecule has 4 nitrogen and oxygen atoms in total. The molecule has 0 aliphatic rings. The van der Waals surface area contributed by atoms with Crippen molar-refractivity contribution in [2.45, 2.75) is 11.1 Å². The second-order valence-electron chi connectivity index (χ2n) is 4.26. The molecule has 0 radical (unpaired) electrons. The van der Waals surface area contributed by atoms with Crippen molar-refractivity contribution in [3.63, 3.8) is 0 Å². The summed E-state index contributed by atoms with van der Waals surface area (Å²) in [5.41, 5.74) is -1.62. The number of benzene rings is 2. The largest absolute Gasteiger partial charge is 0.506 e. The van der Waals surface area contributed by atoms with Gasteiger partial charge in [0.15, 0.2) is 0 Å². The normalized spacial score (nSPS) is 12.2. The number of alkyl halides is 3. The van der Waals surface area contributed by atoms with Crippen molar-refractivity contribution in [2.24, 2.45) is 0 Å². The summed E-state index contributed by atoms with van der Waals surface area (Å²) in [6, 6.07) is 7.60. The summed E-state index contributed by atoms with van der Waals surface area (Å²) in [4.78, 5) is -0.979. The van der Waals surface area contributed by atoms with Gasteiger partial charge in [-0.15, -0.1) is 0 Å². The number of phenolic OH excluding ortho intramolecular Hbond substituents is 1. The van der Waals surface area contributed by atoms with Gasteiger partial charge in [0.1, 0.15) is 5.75 Å². The van der Waals surface area contributed by atoms with E-state index in [0.717, 1.165) is 12.1 Å². The van der Waals surface area contributed by atoms with Crippen molar-refractivity contribution in [1.82, 2.24) is 0 Å². The van der Waals surface area contributed by atoms with Gasteiger partial charge in [-0.1, -0.05) is 23.7 Å². The molecule has 9 heteroatoms. The number of phenols is 1. The van der Waals surface area contributed by atoms with Crippen LogP contribution in [-0.4, -0.2) is 13.5 Å². The van der Waals surface area contributed by atoms with Crippen LogP contribution in [0.4, 0.5) is 18.9 Å². The van der Waals surface area contributed by atoms with Crippen LogP contribution < -0.4 is 4.72 Å². The van der Waals surface area contributed by atoms with Crippen LogP contribution in [0.5, 0.6) is 5.75 Å². The Kier molecular flexibility index (Phi) is 4.25. The molecule has 0 aliphatic heterocycles. The smallest absolute Gasteiger partial charge is 0.417 e. The summed E-state index contributed by atoms with van der Waals surface area (Å²) in [5.74, 6) is -0.409. The molecule has 0 amide bonds. The third kappa shape index (κ3) is 3.45. The Morgan fingerprint density at radius 1 is 1.09 bits per heavy atom. The molecule has 0 bridgehead atoms. The molecular weight excluding hydrogens is 343 g/mol. The predicted octanol–water partition coefficient (Wildman–Crippen LogP) is 3.87. The molecule has 0 heterocycles. The van der Waals surface area contributed by atoms with E-state index in [1.807, 2.05) is 4.72 Å². The van der Waals surface area contributed by atoms with Crippen molar-refractivity contribution in [1.29, 1.82) is 0 Å². The third-order valence-electron chi connectivity index (χ3n) is 2.68. The van der Waals surface area contributed by atoms with Crippen molar-refractivity contribution in [3.05, 3.63) is 53.1 Å². The summed E-state index contributed by atoms with van der Waals surface area (Å²) in [6.07, 6.45) is -4.90. The lowest BCUT2D eigenvalue weighted by atomic mass is 10.2. The van der Waals surface area contributed by atoms with Crippen molar-refractivity contribution >= 4 is 27.3 Å². The third-order valence-corrected chi connectivity index (χ3v) is 4.34. The zero-order chi connectivity index (χ0) is 16.5. The first kappa shape index (κ1) is 16.4. The van der Waals surface area contributed by atoms with Crippen LogP contribution in [-0.2, 0) is 16.2 Å². The van der Waals surface area contributed by atoms with Gasteiger partial charge in [-0.3, -0.25) is 4.72 Å². The number of para-hydroxylation sites is 2. The van der Waals surface area contributed by atoms with Gasteiger partial charge in [-0.2, -0.15) is 13.2 Å². The number of nitrogens with one attached hydrogen (secondary N) is 1. The van der Waals surface area contributed by atoms with Gasteiger partial charge in [0, 0.05) is 5.02 Å². The minimum absolute atomic E-state index is 0.231. The Balaban J connectivity index is 2.53. The Bertz CT molecular complexity index is 806. The second-order valence-corrected chi connectivity index (χ2v) is 6.35. The van der Waals surface area contributed by atoms with Gasteiger partial charge in [0.25, 0.3) is 10.0 Å². The Labute approximate surface area is 129 Å². The van der Waals surface area contributed by atoms with E-state index in [0.29, 0.717) is 6.07 Å². The monoisotopic (exact) mass is 351 g/mol. The Hall–Kier alpha value is -1.93. The maximum atomic E-state index is 13.0. The molecule has 2 N–H and O–H groups in total. The number of sulfonamides is 1. The topological polar surface area (TPSA) is 66.4 Å². The second kappa shape index (κ2) is 5.69. The highest BCUT2D eigenvalue weighted by atomic mass is 35.5. The maximum absolute atomic E-state index is 13.0. The van der Waals surface area contributed by atoms with Gasteiger partial charge < -0.3 is 5.11 Å². The number of anilines is 1. The number of rotatable bonds is 3. The van der Waals surface area contributed by atoms with Crippen LogP contribution in [0.15, 0.2) is 47.4 Å². The fourth-order valence-electron chi connectivity index (χ4n) is 1.72. The van der Waals surface area contributed by atoms with E-state index in [-0.39, 0.29) is 10.7 Å². The molecule has 0 spiro atoms. The summed E-state index contributed by atoms with van der Waals surface area (Å²) in [5, 5.41) is 9.28. The molecule has 118 valence electrons. The maximum Gasteiger partial charge on any atom is 0.417 e. The number of halogens is 4. The first-order chi connectivity index (χ1) is 10.1. The van der Waals surface area contributed by atoms with Crippen LogP contribution in [0, 0.1) is 0 Å². The summed E-state index contributed by atoms with van der Waals surface area (Å²) < 4.78 is 65.2. The van der Waals surface area contributed by atoms with E-state index in [2.05, 4.69) is 0 Å². The minimum Gasteiger partial charge on any atom is -0.506 e. The predicted molar refractivity (Wildman–Crippen MR) is 75.4 cm³/mol. The highest BCUT2D eigenvalue weighted by molar-refractivity contribution is 7.92. The highest BCUT2D eigenvalue weighted by Crippen LogP contribution is 2.37. The summed E-state index contributed by atoms with van der Waals surface area (Å²) in [6.45, 7) is 0. The fourth-order valence-corrected chi connectivity index (χ4v) is 3.17. The van der Waals surface area contributed by atoms with Crippen LogP contribution in [0.3, 0.4) is 0 Å². The van der Waals surface area contributed by atoms with E-state index in [1.54, 1.807) is 0 Å².